The molecule has 2 aromatic rings. The third-order valence-corrected chi connectivity index (χ3v) is 4.39. The van der Waals surface area contributed by atoms with Crippen molar-refractivity contribution in [3.05, 3.63) is 58.1 Å². The number of halogens is 1. The van der Waals surface area contributed by atoms with E-state index in [9.17, 15) is 14.7 Å². The molecular formula is C21H24ClNO4. The van der Waals surface area contributed by atoms with Gasteiger partial charge >= 0.3 is 5.97 Å². The number of para-hydroxylation sites is 1. The van der Waals surface area contributed by atoms with Crippen molar-refractivity contribution in [1.29, 1.82) is 0 Å². The number of rotatable bonds is 6. The largest absolute Gasteiger partial charge is 0.507 e. The predicted molar refractivity (Wildman–Crippen MR) is 107 cm³/mol. The molecule has 2 rings (SSSR count). The van der Waals surface area contributed by atoms with Crippen molar-refractivity contribution in [2.45, 2.75) is 39.5 Å². The third kappa shape index (κ3) is 5.23. The average molecular weight is 390 g/mol. The van der Waals surface area contributed by atoms with Crippen LogP contribution in [0.4, 0.5) is 5.69 Å². The smallest absolute Gasteiger partial charge is 0.342 e. The summed E-state index contributed by atoms with van der Waals surface area (Å²) < 4.78 is 5.03. The highest BCUT2D eigenvalue weighted by molar-refractivity contribution is 6.30. The van der Waals surface area contributed by atoms with Gasteiger partial charge in [-0.05, 0) is 41.2 Å². The number of benzene rings is 2. The van der Waals surface area contributed by atoms with E-state index in [1.54, 1.807) is 0 Å². The van der Waals surface area contributed by atoms with Crippen LogP contribution in [0.1, 0.15) is 61.0 Å². The van der Waals surface area contributed by atoms with E-state index in [1.165, 1.54) is 18.2 Å². The van der Waals surface area contributed by atoms with E-state index in [-0.39, 0.29) is 23.1 Å². The van der Waals surface area contributed by atoms with Crippen LogP contribution >= 0.6 is 11.6 Å². The van der Waals surface area contributed by atoms with Crippen molar-refractivity contribution in [3.63, 3.8) is 0 Å². The first-order chi connectivity index (χ1) is 12.7. The molecule has 5 nitrogen and oxygen atoms in total. The van der Waals surface area contributed by atoms with Gasteiger partial charge in [-0.2, -0.15) is 0 Å². The Balaban J connectivity index is 2.11. The molecule has 0 saturated carbocycles. The molecule has 0 aliphatic heterocycles. The van der Waals surface area contributed by atoms with Gasteiger partial charge in [-0.15, -0.1) is 0 Å². The lowest BCUT2D eigenvalue weighted by molar-refractivity contribution is -0.119. The monoisotopic (exact) mass is 389 g/mol. The molecule has 0 bridgehead atoms. The SMILES string of the molecule is CC(C)c1cccc(C(C)C)c1NC(=O)COC(=O)c1ccc(Cl)cc1O. The molecule has 2 aromatic carbocycles. The second kappa shape index (κ2) is 8.91. The van der Waals surface area contributed by atoms with Gasteiger partial charge in [0.2, 0.25) is 0 Å². The second-order valence-electron chi connectivity index (χ2n) is 6.91. The number of carbonyl (C=O) groups excluding carboxylic acids is 2. The molecule has 6 heteroatoms. The van der Waals surface area contributed by atoms with E-state index in [4.69, 9.17) is 16.3 Å². The Morgan fingerprint density at radius 2 is 1.67 bits per heavy atom. The fourth-order valence-corrected chi connectivity index (χ4v) is 2.92. The number of ether oxygens (including phenoxy) is 1. The average Bonchev–Trinajstić information content (AvgIpc) is 2.59. The molecule has 27 heavy (non-hydrogen) atoms. The van der Waals surface area contributed by atoms with Crippen LogP contribution in [0.2, 0.25) is 5.02 Å². The van der Waals surface area contributed by atoms with Gasteiger partial charge in [0, 0.05) is 10.7 Å². The van der Waals surface area contributed by atoms with Gasteiger partial charge in [0.15, 0.2) is 6.61 Å². The van der Waals surface area contributed by atoms with Crippen molar-refractivity contribution < 1.29 is 19.4 Å². The summed E-state index contributed by atoms with van der Waals surface area (Å²) in [5.74, 6) is -1.06. The molecule has 0 fully saturated rings. The Kier molecular flexibility index (Phi) is 6.86. The van der Waals surface area contributed by atoms with E-state index in [0.717, 1.165) is 16.8 Å². The molecular weight excluding hydrogens is 366 g/mol. The predicted octanol–water partition coefficient (Wildman–Crippen LogP) is 5.09. The summed E-state index contributed by atoms with van der Waals surface area (Å²) in [6.45, 7) is 7.76. The number of anilines is 1. The molecule has 0 aromatic heterocycles. The number of amides is 1. The summed E-state index contributed by atoms with van der Waals surface area (Å²) >= 11 is 5.74. The quantitative estimate of drug-likeness (QED) is 0.675. The lowest BCUT2D eigenvalue weighted by atomic mass is 9.92. The topological polar surface area (TPSA) is 75.6 Å². The van der Waals surface area contributed by atoms with Crippen LogP contribution in [0, 0.1) is 0 Å². The van der Waals surface area contributed by atoms with Crippen LogP contribution in [-0.4, -0.2) is 23.6 Å². The molecule has 0 spiro atoms. The van der Waals surface area contributed by atoms with E-state index in [0.29, 0.717) is 5.02 Å². The molecule has 0 unspecified atom stereocenters. The van der Waals surface area contributed by atoms with Crippen LogP contribution in [0.5, 0.6) is 5.75 Å². The fourth-order valence-electron chi connectivity index (χ4n) is 2.76. The number of nitrogens with one attached hydrogen (secondary N) is 1. The minimum Gasteiger partial charge on any atom is -0.507 e. The lowest BCUT2D eigenvalue weighted by Gasteiger charge is -2.20. The highest BCUT2D eigenvalue weighted by Gasteiger charge is 2.18. The number of carbonyl (C=O) groups is 2. The number of esters is 1. The van der Waals surface area contributed by atoms with Crippen LogP contribution < -0.4 is 5.32 Å². The minimum absolute atomic E-state index is 0.0438. The Bertz CT molecular complexity index is 820. The first kappa shape index (κ1) is 20.8. The van der Waals surface area contributed by atoms with Gasteiger partial charge < -0.3 is 15.2 Å². The Hall–Kier alpha value is -2.53. The third-order valence-electron chi connectivity index (χ3n) is 4.15. The normalized spacial score (nSPS) is 10.9. The van der Waals surface area contributed by atoms with E-state index < -0.39 is 18.5 Å². The zero-order valence-electron chi connectivity index (χ0n) is 15.9. The molecule has 0 atom stereocenters. The Labute approximate surface area is 164 Å². The lowest BCUT2D eigenvalue weighted by Crippen LogP contribution is -2.22. The van der Waals surface area contributed by atoms with Crippen LogP contribution in [0.3, 0.4) is 0 Å². The minimum atomic E-state index is -0.791. The van der Waals surface area contributed by atoms with Crippen LogP contribution in [0.15, 0.2) is 36.4 Å². The molecule has 0 heterocycles. The van der Waals surface area contributed by atoms with Gasteiger partial charge in [-0.3, -0.25) is 4.79 Å². The summed E-state index contributed by atoms with van der Waals surface area (Å²) in [6.07, 6.45) is 0. The molecule has 0 radical (unpaired) electrons. The number of aromatic hydroxyl groups is 1. The van der Waals surface area contributed by atoms with Crippen molar-refractivity contribution in [3.8, 4) is 5.75 Å². The number of phenols is 1. The number of phenolic OH excluding ortho intramolecular Hbond substituents is 1. The summed E-state index contributed by atoms with van der Waals surface area (Å²) in [5.41, 5.74) is 2.77. The first-order valence-electron chi connectivity index (χ1n) is 8.79. The Morgan fingerprint density at radius 3 is 2.19 bits per heavy atom. The maximum atomic E-state index is 12.4. The van der Waals surface area contributed by atoms with E-state index in [2.05, 4.69) is 33.0 Å². The fraction of sp³-hybridized carbons (Fsp3) is 0.333. The second-order valence-corrected chi connectivity index (χ2v) is 7.34. The molecule has 0 aliphatic carbocycles. The highest BCUT2D eigenvalue weighted by atomic mass is 35.5. The molecule has 144 valence electrons. The van der Waals surface area contributed by atoms with Gasteiger partial charge in [0.1, 0.15) is 11.3 Å². The first-order valence-corrected chi connectivity index (χ1v) is 9.16. The zero-order chi connectivity index (χ0) is 20.1. The van der Waals surface area contributed by atoms with Crippen molar-refractivity contribution >= 4 is 29.2 Å². The summed E-state index contributed by atoms with van der Waals surface area (Å²) in [7, 11) is 0. The summed E-state index contributed by atoms with van der Waals surface area (Å²) in [5, 5.41) is 12.9. The zero-order valence-corrected chi connectivity index (χ0v) is 16.6. The van der Waals surface area contributed by atoms with Gasteiger partial charge in [-0.1, -0.05) is 57.5 Å². The summed E-state index contributed by atoms with van der Waals surface area (Å²) in [6, 6.07) is 9.98. The molecule has 0 saturated heterocycles. The Morgan fingerprint density at radius 1 is 1.07 bits per heavy atom. The van der Waals surface area contributed by atoms with Gasteiger partial charge in [0.25, 0.3) is 5.91 Å². The van der Waals surface area contributed by atoms with Crippen molar-refractivity contribution in [2.75, 3.05) is 11.9 Å². The van der Waals surface area contributed by atoms with Gasteiger partial charge in [-0.25, -0.2) is 4.79 Å². The number of hydrogen-bond donors (Lipinski definition) is 2. The number of hydrogen-bond acceptors (Lipinski definition) is 4. The molecule has 1 amide bonds. The maximum absolute atomic E-state index is 12.4. The highest BCUT2D eigenvalue weighted by Crippen LogP contribution is 2.32. The molecule has 0 aliphatic rings. The van der Waals surface area contributed by atoms with Crippen LogP contribution in [0.25, 0.3) is 0 Å². The van der Waals surface area contributed by atoms with E-state index >= 15 is 0 Å². The van der Waals surface area contributed by atoms with Gasteiger partial charge in [0.05, 0.1) is 0 Å². The van der Waals surface area contributed by atoms with E-state index in [1.807, 2.05) is 18.2 Å². The van der Waals surface area contributed by atoms with Crippen molar-refractivity contribution in [1.82, 2.24) is 0 Å². The maximum Gasteiger partial charge on any atom is 0.342 e. The van der Waals surface area contributed by atoms with Crippen molar-refractivity contribution in [2.24, 2.45) is 0 Å². The summed E-state index contributed by atoms with van der Waals surface area (Å²) in [4.78, 5) is 24.4. The van der Waals surface area contributed by atoms with Crippen LogP contribution in [-0.2, 0) is 9.53 Å². The molecule has 2 N–H and O–H groups in total. The standard InChI is InChI=1S/C21H24ClNO4/c1-12(2)15-6-5-7-16(13(3)4)20(15)23-19(25)11-27-21(26)17-9-8-14(22)10-18(17)24/h5-10,12-13,24H,11H2,1-4H3,(H,23,25).